The maximum Gasteiger partial charge on any atom is 0.306 e. The molecule has 0 saturated heterocycles. The second kappa shape index (κ2) is 40.1. The lowest BCUT2D eigenvalue weighted by Gasteiger charge is -2.18. The van der Waals surface area contributed by atoms with Crippen LogP contribution in [0.15, 0.2) is 0 Å². The van der Waals surface area contributed by atoms with Crippen molar-refractivity contribution >= 4 is 17.9 Å². The van der Waals surface area contributed by atoms with Gasteiger partial charge in [-0.2, -0.15) is 0 Å². The van der Waals surface area contributed by atoms with Crippen molar-refractivity contribution in [1.82, 2.24) is 0 Å². The van der Waals surface area contributed by atoms with Crippen LogP contribution in [-0.4, -0.2) is 37.2 Å². The van der Waals surface area contributed by atoms with Gasteiger partial charge in [0.15, 0.2) is 6.10 Å². The Morgan fingerprint density at radius 3 is 0.925 bits per heavy atom. The fraction of sp³-hybridized carbons (Fsp3) is 0.936. The highest BCUT2D eigenvalue weighted by molar-refractivity contribution is 5.71. The maximum absolute atomic E-state index is 12.5. The standard InChI is InChI=1S/C47H90O6/c1-6-7-8-25-34-39-47(50)53-44(41-52-46(49)38-33-29-24-20-16-12-14-18-22-27-31-36-43(4)5)40-51-45(48)37-32-28-23-19-15-11-9-10-13-17-21-26-30-35-42(2)3/h42-44H,6-41H2,1-5H3/t44-/m0/s1. The molecule has 314 valence electrons. The summed E-state index contributed by atoms with van der Waals surface area (Å²) in [5.41, 5.74) is 0. The van der Waals surface area contributed by atoms with Gasteiger partial charge in [-0.3, -0.25) is 14.4 Å². The molecular formula is C47H90O6. The quantitative estimate of drug-likeness (QED) is 0.0352. The molecule has 0 aliphatic heterocycles. The van der Waals surface area contributed by atoms with Gasteiger partial charge in [0.25, 0.3) is 0 Å². The van der Waals surface area contributed by atoms with E-state index in [0.717, 1.165) is 76.0 Å². The highest BCUT2D eigenvalue weighted by atomic mass is 16.6. The van der Waals surface area contributed by atoms with Crippen molar-refractivity contribution in [2.24, 2.45) is 11.8 Å². The average Bonchev–Trinajstić information content (AvgIpc) is 3.12. The first kappa shape index (κ1) is 51.4. The molecule has 0 fully saturated rings. The number of ether oxygens (including phenoxy) is 3. The lowest BCUT2D eigenvalue weighted by atomic mass is 10.0. The minimum Gasteiger partial charge on any atom is -0.462 e. The molecule has 0 aliphatic carbocycles. The van der Waals surface area contributed by atoms with Crippen molar-refractivity contribution < 1.29 is 28.6 Å². The van der Waals surface area contributed by atoms with Crippen LogP contribution in [0.2, 0.25) is 0 Å². The predicted octanol–water partition coefficient (Wildman–Crippen LogP) is 14.6. The lowest BCUT2D eigenvalue weighted by molar-refractivity contribution is -0.167. The zero-order valence-corrected chi connectivity index (χ0v) is 36.1. The SMILES string of the molecule is CCCCCCCC(=O)O[C@@H](COC(=O)CCCCCCCCCCCCCCCC(C)C)COC(=O)CCCCCCCCCCCCCC(C)C. The molecule has 53 heavy (non-hydrogen) atoms. The van der Waals surface area contributed by atoms with E-state index in [9.17, 15) is 14.4 Å². The van der Waals surface area contributed by atoms with Crippen LogP contribution in [0, 0.1) is 11.8 Å². The Balaban J connectivity index is 4.12. The summed E-state index contributed by atoms with van der Waals surface area (Å²) < 4.78 is 16.6. The number of hydrogen-bond donors (Lipinski definition) is 0. The van der Waals surface area contributed by atoms with Crippen molar-refractivity contribution in [1.29, 1.82) is 0 Å². The van der Waals surface area contributed by atoms with Gasteiger partial charge in [-0.05, 0) is 31.1 Å². The van der Waals surface area contributed by atoms with E-state index >= 15 is 0 Å². The van der Waals surface area contributed by atoms with Crippen LogP contribution in [0.4, 0.5) is 0 Å². The van der Waals surface area contributed by atoms with Crippen LogP contribution in [0.1, 0.15) is 253 Å². The normalized spacial score (nSPS) is 12.1. The second-order valence-corrected chi connectivity index (χ2v) is 17.0. The highest BCUT2D eigenvalue weighted by Gasteiger charge is 2.19. The first-order chi connectivity index (χ1) is 25.7. The Labute approximate surface area is 329 Å². The molecule has 0 heterocycles. The van der Waals surface area contributed by atoms with Crippen LogP contribution < -0.4 is 0 Å². The van der Waals surface area contributed by atoms with Gasteiger partial charge in [0.05, 0.1) is 0 Å². The second-order valence-electron chi connectivity index (χ2n) is 17.0. The van der Waals surface area contributed by atoms with Crippen molar-refractivity contribution in [2.45, 2.75) is 259 Å². The Bertz CT molecular complexity index is 809. The van der Waals surface area contributed by atoms with Gasteiger partial charge in [0.2, 0.25) is 0 Å². The van der Waals surface area contributed by atoms with E-state index in [0.29, 0.717) is 19.3 Å². The predicted molar refractivity (Wildman–Crippen MR) is 224 cm³/mol. The fourth-order valence-electron chi connectivity index (χ4n) is 6.93. The molecule has 0 radical (unpaired) electrons. The number of esters is 3. The first-order valence-corrected chi connectivity index (χ1v) is 23.2. The van der Waals surface area contributed by atoms with E-state index in [1.165, 1.54) is 135 Å². The minimum atomic E-state index is -0.758. The van der Waals surface area contributed by atoms with Crippen LogP contribution >= 0.6 is 0 Å². The molecule has 0 N–H and O–H groups in total. The van der Waals surface area contributed by atoms with Crippen LogP contribution in [0.3, 0.4) is 0 Å². The molecule has 6 nitrogen and oxygen atoms in total. The van der Waals surface area contributed by atoms with Gasteiger partial charge in [-0.25, -0.2) is 0 Å². The average molecular weight is 751 g/mol. The number of rotatable bonds is 41. The minimum absolute atomic E-state index is 0.0659. The van der Waals surface area contributed by atoms with E-state index in [-0.39, 0.29) is 31.1 Å². The molecule has 0 bridgehead atoms. The summed E-state index contributed by atoms with van der Waals surface area (Å²) in [6.45, 7) is 11.3. The smallest absolute Gasteiger partial charge is 0.306 e. The molecular weight excluding hydrogens is 661 g/mol. The molecule has 0 aromatic rings. The first-order valence-electron chi connectivity index (χ1n) is 23.2. The Morgan fingerprint density at radius 2 is 0.623 bits per heavy atom. The van der Waals surface area contributed by atoms with Gasteiger partial charge in [-0.1, -0.05) is 214 Å². The zero-order valence-electron chi connectivity index (χ0n) is 36.1. The summed E-state index contributed by atoms with van der Waals surface area (Å²) in [7, 11) is 0. The summed E-state index contributed by atoms with van der Waals surface area (Å²) in [6, 6.07) is 0. The van der Waals surface area contributed by atoms with Gasteiger partial charge in [0, 0.05) is 19.3 Å². The summed E-state index contributed by atoms with van der Waals surface area (Å²) in [4.78, 5) is 37.5. The van der Waals surface area contributed by atoms with Crippen LogP contribution in [0.25, 0.3) is 0 Å². The Morgan fingerprint density at radius 1 is 0.358 bits per heavy atom. The monoisotopic (exact) mass is 751 g/mol. The summed E-state index contributed by atoms with van der Waals surface area (Å²) in [6.07, 6.45) is 38.3. The third-order valence-corrected chi connectivity index (χ3v) is 10.5. The van der Waals surface area contributed by atoms with Crippen molar-refractivity contribution in [3.63, 3.8) is 0 Å². The lowest BCUT2D eigenvalue weighted by Crippen LogP contribution is -2.30. The van der Waals surface area contributed by atoms with E-state index < -0.39 is 6.10 Å². The molecule has 1 atom stereocenters. The summed E-state index contributed by atoms with van der Waals surface area (Å²) in [5, 5.41) is 0. The zero-order chi connectivity index (χ0) is 39.0. The molecule has 0 aromatic heterocycles. The number of carbonyl (C=O) groups excluding carboxylic acids is 3. The summed E-state index contributed by atoms with van der Waals surface area (Å²) in [5.74, 6) is 0.797. The molecule has 0 saturated carbocycles. The van der Waals surface area contributed by atoms with E-state index in [1.807, 2.05) is 0 Å². The molecule has 0 amide bonds. The summed E-state index contributed by atoms with van der Waals surface area (Å²) >= 11 is 0. The third kappa shape index (κ3) is 41.4. The van der Waals surface area contributed by atoms with Crippen molar-refractivity contribution in [2.75, 3.05) is 13.2 Å². The molecule has 0 spiro atoms. The van der Waals surface area contributed by atoms with E-state index in [4.69, 9.17) is 14.2 Å². The fourth-order valence-corrected chi connectivity index (χ4v) is 6.93. The van der Waals surface area contributed by atoms with Gasteiger partial charge >= 0.3 is 17.9 Å². The molecule has 0 aromatic carbocycles. The third-order valence-electron chi connectivity index (χ3n) is 10.5. The number of unbranched alkanes of at least 4 members (excludes halogenated alkanes) is 26. The topological polar surface area (TPSA) is 78.9 Å². The number of hydrogen-bond acceptors (Lipinski definition) is 6. The van der Waals surface area contributed by atoms with Gasteiger partial charge in [0.1, 0.15) is 13.2 Å². The Kier molecular flexibility index (Phi) is 38.9. The van der Waals surface area contributed by atoms with Crippen LogP contribution in [0.5, 0.6) is 0 Å². The largest absolute Gasteiger partial charge is 0.462 e. The van der Waals surface area contributed by atoms with Crippen molar-refractivity contribution in [3.05, 3.63) is 0 Å². The molecule has 0 rings (SSSR count). The highest BCUT2D eigenvalue weighted by Crippen LogP contribution is 2.17. The van der Waals surface area contributed by atoms with E-state index in [2.05, 4.69) is 34.6 Å². The maximum atomic E-state index is 12.5. The number of carbonyl (C=O) groups is 3. The molecule has 0 aliphatic rings. The van der Waals surface area contributed by atoms with Gasteiger partial charge in [-0.15, -0.1) is 0 Å². The van der Waals surface area contributed by atoms with E-state index in [1.54, 1.807) is 0 Å². The van der Waals surface area contributed by atoms with Crippen molar-refractivity contribution in [3.8, 4) is 0 Å². The molecule has 0 unspecified atom stereocenters. The van der Waals surface area contributed by atoms with Gasteiger partial charge < -0.3 is 14.2 Å². The van der Waals surface area contributed by atoms with Crippen LogP contribution in [-0.2, 0) is 28.6 Å². The Hall–Kier alpha value is -1.59. The molecule has 6 heteroatoms.